The molecule has 0 fully saturated rings. The number of hydrogen-bond donors (Lipinski definition) is 2. The second-order valence-electron chi connectivity index (χ2n) is 3.87. The van der Waals surface area contributed by atoms with Gasteiger partial charge in [-0.05, 0) is 24.3 Å². The first kappa shape index (κ1) is 14.4. The minimum Gasteiger partial charge on any atom is -0.494 e. The first-order chi connectivity index (χ1) is 9.46. The van der Waals surface area contributed by atoms with Gasteiger partial charge in [0.1, 0.15) is 17.3 Å². The highest BCUT2D eigenvalue weighted by molar-refractivity contribution is 7.92. The molecule has 1 heterocycles. The molecule has 20 heavy (non-hydrogen) atoms. The molecule has 0 amide bonds. The normalized spacial score (nSPS) is 11.3. The van der Waals surface area contributed by atoms with Crippen LogP contribution >= 0.6 is 0 Å². The van der Waals surface area contributed by atoms with Crippen molar-refractivity contribution in [1.82, 2.24) is 0 Å². The fourth-order valence-electron chi connectivity index (χ4n) is 1.56. The first-order valence-corrected chi connectivity index (χ1v) is 7.09. The number of furan rings is 1. The molecular weight excluding hydrogens is 287 g/mol. The summed E-state index contributed by atoms with van der Waals surface area (Å²) in [6.45, 7) is 0.0926. The number of rotatable bonds is 5. The molecule has 0 saturated carbocycles. The molecule has 1 aromatic heterocycles. The van der Waals surface area contributed by atoms with Crippen molar-refractivity contribution in [1.29, 1.82) is 0 Å². The van der Waals surface area contributed by atoms with Crippen LogP contribution in [-0.2, 0) is 16.6 Å². The molecule has 108 valence electrons. The van der Waals surface area contributed by atoms with E-state index in [0.29, 0.717) is 5.76 Å². The van der Waals surface area contributed by atoms with Crippen molar-refractivity contribution >= 4 is 15.7 Å². The molecule has 3 N–H and O–H groups in total. The zero-order valence-electron chi connectivity index (χ0n) is 10.6. The highest BCUT2D eigenvalue weighted by Gasteiger charge is 2.20. The molecule has 0 aliphatic carbocycles. The van der Waals surface area contributed by atoms with E-state index >= 15 is 0 Å². The van der Waals surface area contributed by atoms with Crippen LogP contribution in [0.25, 0.3) is 0 Å². The summed E-state index contributed by atoms with van der Waals surface area (Å²) in [7, 11) is -2.61. The van der Waals surface area contributed by atoms with Gasteiger partial charge in [-0.25, -0.2) is 4.39 Å². The van der Waals surface area contributed by atoms with Crippen LogP contribution in [0.5, 0.6) is 5.75 Å². The minimum atomic E-state index is -3.92. The lowest BCUT2D eigenvalue weighted by molar-refractivity contribution is 0.412. The number of methoxy groups -OCH3 is 1. The van der Waals surface area contributed by atoms with E-state index in [2.05, 4.69) is 4.72 Å². The predicted molar refractivity (Wildman–Crippen MR) is 70.4 cm³/mol. The first-order valence-electron chi connectivity index (χ1n) is 5.61. The van der Waals surface area contributed by atoms with Gasteiger partial charge in [-0.3, -0.25) is 4.72 Å². The van der Waals surface area contributed by atoms with Crippen molar-refractivity contribution in [2.24, 2.45) is 5.73 Å². The third kappa shape index (κ3) is 2.91. The van der Waals surface area contributed by atoms with Crippen molar-refractivity contribution in [2.75, 3.05) is 11.8 Å². The van der Waals surface area contributed by atoms with E-state index in [-0.39, 0.29) is 23.1 Å². The van der Waals surface area contributed by atoms with Gasteiger partial charge in [0, 0.05) is 6.07 Å². The summed E-state index contributed by atoms with van der Waals surface area (Å²) in [5, 5.41) is -0.274. The van der Waals surface area contributed by atoms with Gasteiger partial charge >= 0.3 is 0 Å². The van der Waals surface area contributed by atoms with Crippen LogP contribution in [0.1, 0.15) is 5.76 Å². The number of hydrogen-bond acceptors (Lipinski definition) is 5. The summed E-state index contributed by atoms with van der Waals surface area (Å²) >= 11 is 0. The average molecular weight is 300 g/mol. The lowest BCUT2D eigenvalue weighted by Crippen LogP contribution is -2.13. The molecule has 2 aromatic rings. The summed E-state index contributed by atoms with van der Waals surface area (Å²) < 4.78 is 49.5. The average Bonchev–Trinajstić information content (AvgIpc) is 2.90. The third-order valence-electron chi connectivity index (χ3n) is 2.51. The van der Waals surface area contributed by atoms with Crippen LogP contribution in [0.15, 0.2) is 39.8 Å². The molecule has 0 saturated heterocycles. The van der Waals surface area contributed by atoms with Gasteiger partial charge in [0.15, 0.2) is 0 Å². The summed E-state index contributed by atoms with van der Waals surface area (Å²) in [5.41, 5.74) is 5.46. The fraction of sp³-hybridized carbons (Fsp3) is 0.167. The summed E-state index contributed by atoms with van der Waals surface area (Å²) in [4.78, 5) is 0. The van der Waals surface area contributed by atoms with E-state index in [1.807, 2.05) is 0 Å². The number of benzene rings is 1. The van der Waals surface area contributed by atoms with Gasteiger partial charge in [0.05, 0.1) is 19.3 Å². The van der Waals surface area contributed by atoms with Crippen molar-refractivity contribution in [3.8, 4) is 5.75 Å². The molecule has 8 heteroatoms. The lowest BCUT2D eigenvalue weighted by Gasteiger charge is -2.10. The quantitative estimate of drug-likeness (QED) is 0.876. The van der Waals surface area contributed by atoms with E-state index in [1.54, 1.807) is 0 Å². The third-order valence-corrected chi connectivity index (χ3v) is 3.75. The van der Waals surface area contributed by atoms with E-state index in [1.165, 1.54) is 25.3 Å². The lowest BCUT2D eigenvalue weighted by atomic mass is 10.3. The van der Waals surface area contributed by atoms with Crippen LogP contribution in [0.2, 0.25) is 0 Å². The number of nitrogens with two attached hydrogens (primary N) is 1. The smallest absolute Gasteiger partial charge is 0.295 e. The zero-order valence-corrected chi connectivity index (χ0v) is 11.4. The van der Waals surface area contributed by atoms with Crippen LogP contribution in [0.3, 0.4) is 0 Å². The standard InChI is InChI=1S/C12H13FN2O4S/c1-18-11-6-8(13)2-4-10(11)15-20(16,17)12-5-3-9(7-14)19-12/h2-6,15H,7,14H2,1H3. The Morgan fingerprint density at radius 3 is 2.70 bits per heavy atom. The summed E-state index contributed by atoms with van der Waals surface area (Å²) in [5.74, 6) is -0.121. The van der Waals surface area contributed by atoms with Crippen LogP contribution in [0, 0.1) is 5.82 Å². The molecule has 0 aliphatic heterocycles. The Balaban J connectivity index is 2.33. The van der Waals surface area contributed by atoms with E-state index in [9.17, 15) is 12.8 Å². The Labute approximate surface area is 115 Å². The van der Waals surface area contributed by atoms with E-state index in [4.69, 9.17) is 14.9 Å². The molecular formula is C12H13FN2O4S. The molecule has 0 bridgehead atoms. The molecule has 2 rings (SSSR count). The maximum atomic E-state index is 13.0. The Bertz CT molecular complexity index is 712. The second-order valence-corrected chi connectivity index (χ2v) is 5.49. The number of halogens is 1. The van der Waals surface area contributed by atoms with Crippen LogP contribution in [-0.4, -0.2) is 15.5 Å². The number of sulfonamides is 1. The fourth-order valence-corrected chi connectivity index (χ4v) is 2.58. The Hall–Kier alpha value is -2.06. The summed E-state index contributed by atoms with van der Waals surface area (Å²) in [6, 6.07) is 6.22. The SMILES string of the molecule is COc1cc(F)ccc1NS(=O)(=O)c1ccc(CN)o1. The number of anilines is 1. The van der Waals surface area contributed by atoms with Crippen molar-refractivity contribution in [2.45, 2.75) is 11.6 Å². The number of nitrogens with one attached hydrogen (secondary N) is 1. The topological polar surface area (TPSA) is 94.6 Å². The maximum Gasteiger partial charge on any atom is 0.295 e. The van der Waals surface area contributed by atoms with Crippen molar-refractivity contribution < 1.29 is 22.0 Å². The monoisotopic (exact) mass is 300 g/mol. The van der Waals surface area contributed by atoms with E-state index in [0.717, 1.165) is 12.1 Å². The Morgan fingerprint density at radius 1 is 1.35 bits per heavy atom. The van der Waals surface area contributed by atoms with Crippen molar-refractivity contribution in [3.63, 3.8) is 0 Å². The maximum absolute atomic E-state index is 13.0. The molecule has 0 unspecified atom stereocenters. The van der Waals surface area contributed by atoms with Crippen molar-refractivity contribution in [3.05, 3.63) is 41.9 Å². The van der Waals surface area contributed by atoms with Gasteiger partial charge < -0.3 is 14.9 Å². The Kier molecular flexibility index (Phi) is 3.96. The summed E-state index contributed by atoms with van der Waals surface area (Å²) in [6.07, 6.45) is 0. The van der Waals surface area contributed by atoms with Crippen LogP contribution < -0.4 is 15.2 Å². The van der Waals surface area contributed by atoms with Gasteiger partial charge in [0.25, 0.3) is 10.0 Å². The van der Waals surface area contributed by atoms with Gasteiger partial charge in [-0.2, -0.15) is 8.42 Å². The predicted octanol–water partition coefficient (Wildman–Crippen LogP) is 1.69. The second kappa shape index (κ2) is 5.51. The van der Waals surface area contributed by atoms with Gasteiger partial charge in [-0.15, -0.1) is 0 Å². The van der Waals surface area contributed by atoms with Gasteiger partial charge in [-0.1, -0.05) is 0 Å². The Morgan fingerprint density at radius 2 is 2.10 bits per heavy atom. The highest BCUT2D eigenvalue weighted by atomic mass is 32.2. The molecule has 0 spiro atoms. The van der Waals surface area contributed by atoms with Crippen LogP contribution in [0.4, 0.5) is 10.1 Å². The number of ether oxygens (including phenoxy) is 1. The molecule has 6 nitrogen and oxygen atoms in total. The largest absolute Gasteiger partial charge is 0.494 e. The highest BCUT2D eigenvalue weighted by Crippen LogP contribution is 2.27. The molecule has 1 aromatic carbocycles. The van der Waals surface area contributed by atoms with E-state index < -0.39 is 15.8 Å². The molecule has 0 atom stereocenters. The molecule has 0 radical (unpaired) electrons. The van der Waals surface area contributed by atoms with Gasteiger partial charge in [0.2, 0.25) is 5.09 Å². The zero-order chi connectivity index (χ0) is 14.8. The minimum absolute atomic E-state index is 0.0687. The molecule has 0 aliphatic rings.